The number of carbonyl (C=O) groups is 1. The smallest absolute Gasteiger partial charge is 0.227 e. The van der Waals surface area contributed by atoms with Crippen molar-refractivity contribution < 1.29 is 4.79 Å². The Morgan fingerprint density at radius 2 is 2.21 bits per heavy atom. The normalized spacial score (nSPS) is 25.9. The Morgan fingerprint density at radius 3 is 3.05 bits per heavy atom. The van der Waals surface area contributed by atoms with Crippen LogP contribution in [0.5, 0.6) is 0 Å². The molecule has 1 amide bonds. The average molecular weight is 258 g/mol. The van der Waals surface area contributed by atoms with Crippen LogP contribution in [0.2, 0.25) is 0 Å². The predicted molar refractivity (Wildman–Crippen MR) is 76.1 cm³/mol. The van der Waals surface area contributed by atoms with E-state index in [4.69, 9.17) is 0 Å². The third kappa shape index (κ3) is 2.81. The summed E-state index contributed by atoms with van der Waals surface area (Å²) in [6, 6.07) is 8.40. The number of carbonyl (C=O) groups excluding carboxylic acids is 1. The highest BCUT2D eigenvalue weighted by atomic mass is 16.1. The minimum absolute atomic E-state index is 0.0688. The molecule has 19 heavy (non-hydrogen) atoms. The Bertz CT molecular complexity index is 452. The van der Waals surface area contributed by atoms with Crippen LogP contribution in [-0.2, 0) is 11.2 Å². The third-order valence-electron chi connectivity index (χ3n) is 4.41. The molecule has 1 aliphatic carbocycles. The predicted octanol–water partition coefficient (Wildman–Crippen LogP) is 1.83. The molecular weight excluding hydrogens is 236 g/mol. The van der Waals surface area contributed by atoms with Gasteiger partial charge < -0.3 is 10.6 Å². The molecule has 1 heterocycles. The van der Waals surface area contributed by atoms with E-state index in [1.54, 1.807) is 0 Å². The van der Waals surface area contributed by atoms with Crippen molar-refractivity contribution in [2.75, 3.05) is 19.6 Å². The lowest BCUT2D eigenvalue weighted by Crippen LogP contribution is -2.35. The van der Waals surface area contributed by atoms with Crippen molar-refractivity contribution in [2.45, 2.75) is 31.6 Å². The Kier molecular flexibility index (Phi) is 3.83. The van der Waals surface area contributed by atoms with E-state index in [1.807, 2.05) is 6.07 Å². The molecule has 0 radical (unpaired) electrons. The Hall–Kier alpha value is -1.35. The summed E-state index contributed by atoms with van der Waals surface area (Å²) in [5.74, 6) is 0.904. The lowest BCUT2D eigenvalue weighted by atomic mass is 9.82. The monoisotopic (exact) mass is 258 g/mol. The van der Waals surface area contributed by atoms with Gasteiger partial charge in [-0.25, -0.2) is 0 Å². The van der Waals surface area contributed by atoms with Gasteiger partial charge in [-0.1, -0.05) is 24.3 Å². The quantitative estimate of drug-likeness (QED) is 0.868. The van der Waals surface area contributed by atoms with E-state index in [0.717, 1.165) is 38.9 Å². The van der Waals surface area contributed by atoms with Crippen molar-refractivity contribution in [1.29, 1.82) is 0 Å². The lowest BCUT2D eigenvalue weighted by Gasteiger charge is -2.25. The summed E-state index contributed by atoms with van der Waals surface area (Å²) in [5.41, 5.74) is 2.60. The van der Waals surface area contributed by atoms with Gasteiger partial charge in [0.25, 0.3) is 0 Å². The van der Waals surface area contributed by atoms with Crippen LogP contribution in [0.1, 0.15) is 36.3 Å². The molecule has 3 rings (SSSR count). The highest BCUT2D eigenvalue weighted by Crippen LogP contribution is 2.31. The summed E-state index contributed by atoms with van der Waals surface area (Å²) >= 11 is 0. The summed E-state index contributed by atoms with van der Waals surface area (Å²) in [5, 5.41) is 6.50. The van der Waals surface area contributed by atoms with Crippen molar-refractivity contribution in [3.05, 3.63) is 35.4 Å². The van der Waals surface area contributed by atoms with Crippen LogP contribution in [0.15, 0.2) is 24.3 Å². The van der Waals surface area contributed by atoms with Gasteiger partial charge in [-0.15, -0.1) is 0 Å². The second-order valence-corrected chi connectivity index (χ2v) is 5.75. The highest BCUT2D eigenvalue weighted by molar-refractivity contribution is 5.84. The summed E-state index contributed by atoms with van der Waals surface area (Å²) < 4.78 is 0. The number of amides is 1. The summed E-state index contributed by atoms with van der Waals surface area (Å²) in [7, 11) is 0. The van der Waals surface area contributed by atoms with E-state index in [1.165, 1.54) is 17.5 Å². The number of fused-ring (bicyclic) bond motifs is 1. The SMILES string of the molecule is O=C(NCC1CCNC1)C1CCCc2ccccc21. The number of hydrogen-bond acceptors (Lipinski definition) is 2. The molecule has 0 bridgehead atoms. The van der Waals surface area contributed by atoms with E-state index >= 15 is 0 Å². The van der Waals surface area contributed by atoms with Crippen LogP contribution in [0.25, 0.3) is 0 Å². The topological polar surface area (TPSA) is 41.1 Å². The van der Waals surface area contributed by atoms with E-state index < -0.39 is 0 Å². The summed E-state index contributed by atoms with van der Waals surface area (Å²) in [6.07, 6.45) is 4.42. The summed E-state index contributed by atoms with van der Waals surface area (Å²) in [6.45, 7) is 2.96. The van der Waals surface area contributed by atoms with Gasteiger partial charge in [0, 0.05) is 6.54 Å². The number of nitrogens with one attached hydrogen (secondary N) is 2. The molecule has 3 nitrogen and oxygen atoms in total. The second kappa shape index (κ2) is 5.74. The molecule has 0 spiro atoms. The molecule has 3 heteroatoms. The molecule has 1 aromatic carbocycles. The molecule has 1 aliphatic heterocycles. The lowest BCUT2D eigenvalue weighted by molar-refractivity contribution is -0.123. The Morgan fingerprint density at radius 1 is 1.32 bits per heavy atom. The van der Waals surface area contributed by atoms with Crippen molar-refractivity contribution in [2.24, 2.45) is 5.92 Å². The number of rotatable bonds is 3. The van der Waals surface area contributed by atoms with Crippen LogP contribution in [0.3, 0.4) is 0 Å². The van der Waals surface area contributed by atoms with Gasteiger partial charge in [-0.3, -0.25) is 4.79 Å². The summed E-state index contributed by atoms with van der Waals surface area (Å²) in [4.78, 5) is 12.4. The fourth-order valence-electron chi connectivity index (χ4n) is 3.28. The van der Waals surface area contributed by atoms with Gasteiger partial charge in [0.2, 0.25) is 5.91 Å². The maximum absolute atomic E-state index is 12.4. The molecule has 0 saturated carbocycles. The Labute approximate surface area is 114 Å². The van der Waals surface area contributed by atoms with Crippen LogP contribution in [0.4, 0.5) is 0 Å². The van der Waals surface area contributed by atoms with Crippen molar-refractivity contribution >= 4 is 5.91 Å². The van der Waals surface area contributed by atoms with E-state index in [-0.39, 0.29) is 11.8 Å². The molecule has 0 aromatic heterocycles. The zero-order chi connectivity index (χ0) is 13.1. The van der Waals surface area contributed by atoms with Crippen molar-refractivity contribution in [3.8, 4) is 0 Å². The standard InChI is InChI=1S/C16H22N2O/c19-16(18-11-12-8-9-17-10-12)15-7-3-5-13-4-1-2-6-14(13)15/h1-2,4,6,12,15,17H,3,5,7-11H2,(H,18,19). The number of hydrogen-bond donors (Lipinski definition) is 2. The first kappa shape index (κ1) is 12.7. The zero-order valence-corrected chi connectivity index (χ0v) is 11.3. The molecule has 1 saturated heterocycles. The minimum Gasteiger partial charge on any atom is -0.355 e. The highest BCUT2D eigenvalue weighted by Gasteiger charge is 2.26. The first-order valence-electron chi connectivity index (χ1n) is 7.41. The molecule has 102 valence electrons. The average Bonchev–Trinajstić information content (AvgIpc) is 2.97. The molecule has 2 atom stereocenters. The molecule has 1 aromatic rings. The van der Waals surface area contributed by atoms with Crippen LogP contribution in [-0.4, -0.2) is 25.5 Å². The van der Waals surface area contributed by atoms with Gasteiger partial charge >= 0.3 is 0 Å². The Balaban J connectivity index is 1.64. The van der Waals surface area contributed by atoms with E-state index in [9.17, 15) is 4.79 Å². The maximum atomic E-state index is 12.4. The second-order valence-electron chi connectivity index (χ2n) is 5.75. The van der Waals surface area contributed by atoms with Crippen LogP contribution in [0, 0.1) is 5.92 Å². The van der Waals surface area contributed by atoms with Gasteiger partial charge in [0.1, 0.15) is 0 Å². The van der Waals surface area contributed by atoms with Gasteiger partial charge in [0.15, 0.2) is 0 Å². The molecule has 2 unspecified atom stereocenters. The minimum atomic E-state index is 0.0688. The number of aryl methyl sites for hydroxylation is 1. The number of benzene rings is 1. The fraction of sp³-hybridized carbons (Fsp3) is 0.562. The molecule has 2 aliphatic rings. The third-order valence-corrected chi connectivity index (χ3v) is 4.41. The molecule has 1 fully saturated rings. The van der Waals surface area contributed by atoms with Gasteiger partial charge in [-0.05, 0) is 55.8 Å². The van der Waals surface area contributed by atoms with Crippen LogP contribution >= 0.6 is 0 Å². The van der Waals surface area contributed by atoms with Crippen LogP contribution < -0.4 is 10.6 Å². The fourth-order valence-corrected chi connectivity index (χ4v) is 3.28. The van der Waals surface area contributed by atoms with Crippen molar-refractivity contribution in [1.82, 2.24) is 10.6 Å². The molecular formula is C16H22N2O. The van der Waals surface area contributed by atoms with E-state index in [0.29, 0.717) is 5.92 Å². The van der Waals surface area contributed by atoms with Crippen molar-refractivity contribution in [3.63, 3.8) is 0 Å². The van der Waals surface area contributed by atoms with Gasteiger partial charge in [-0.2, -0.15) is 0 Å². The first-order chi connectivity index (χ1) is 9.34. The maximum Gasteiger partial charge on any atom is 0.227 e. The largest absolute Gasteiger partial charge is 0.355 e. The van der Waals surface area contributed by atoms with E-state index in [2.05, 4.69) is 28.8 Å². The zero-order valence-electron chi connectivity index (χ0n) is 11.3. The molecule has 2 N–H and O–H groups in total. The first-order valence-corrected chi connectivity index (χ1v) is 7.41. The van der Waals surface area contributed by atoms with Gasteiger partial charge in [0.05, 0.1) is 5.92 Å².